The van der Waals surface area contributed by atoms with Crippen LogP contribution in [0.5, 0.6) is 0 Å². The smallest absolute Gasteiger partial charge is 0.326 e. The molecule has 8 heteroatoms. The van der Waals surface area contributed by atoms with E-state index in [4.69, 9.17) is 9.52 Å². The summed E-state index contributed by atoms with van der Waals surface area (Å²) in [6, 6.07) is 1.69. The first kappa shape index (κ1) is 17.2. The SMILES string of the molecule is CC(C)C[C@@H](NC(=O)c1ccc(CS(C)(=O)=O)o1)C(=O)O. The maximum atomic E-state index is 11.9. The zero-order valence-corrected chi connectivity index (χ0v) is 12.9. The van der Waals surface area contributed by atoms with Crippen LogP contribution in [0.2, 0.25) is 0 Å². The number of hydrogen-bond donors (Lipinski definition) is 2. The van der Waals surface area contributed by atoms with E-state index in [2.05, 4.69) is 5.32 Å². The van der Waals surface area contributed by atoms with Gasteiger partial charge >= 0.3 is 5.97 Å². The predicted octanol–water partition coefficient (Wildman–Crippen LogP) is 1.05. The van der Waals surface area contributed by atoms with Crippen molar-refractivity contribution in [1.29, 1.82) is 0 Å². The molecule has 1 atom stereocenters. The van der Waals surface area contributed by atoms with Crippen LogP contribution in [0.3, 0.4) is 0 Å². The third kappa shape index (κ3) is 5.99. The molecule has 2 N–H and O–H groups in total. The molecule has 0 fully saturated rings. The maximum absolute atomic E-state index is 11.9. The largest absolute Gasteiger partial charge is 0.480 e. The van der Waals surface area contributed by atoms with Crippen molar-refractivity contribution in [3.8, 4) is 0 Å². The highest BCUT2D eigenvalue weighted by Crippen LogP contribution is 2.12. The number of rotatable bonds is 7. The summed E-state index contributed by atoms with van der Waals surface area (Å²) < 4.78 is 27.4. The molecule has 1 aromatic rings. The van der Waals surface area contributed by atoms with E-state index in [0.717, 1.165) is 6.26 Å². The van der Waals surface area contributed by atoms with Gasteiger partial charge in [-0.05, 0) is 24.5 Å². The van der Waals surface area contributed by atoms with Crippen molar-refractivity contribution in [2.75, 3.05) is 6.26 Å². The fraction of sp³-hybridized carbons (Fsp3) is 0.538. The van der Waals surface area contributed by atoms with Gasteiger partial charge in [-0.3, -0.25) is 4.79 Å². The van der Waals surface area contributed by atoms with Gasteiger partial charge in [-0.25, -0.2) is 13.2 Å². The van der Waals surface area contributed by atoms with Gasteiger partial charge in [0.05, 0.1) is 0 Å². The molecule has 21 heavy (non-hydrogen) atoms. The molecule has 1 heterocycles. The van der Waals surface area contributed by atoms with E-state index in [-0.39, 0.29) is 29.6 Å². The minimum Gasteiger partial charge on any atom is -0.480 e. The Hall–Kier alpha value is -1.83. The normalized spacial score (nSPS) is 13.1. The number of furan rings is 1. The molecule has 0 saturated heterocycles. The number of carbonyl (C=O) groups excluding carboxylic acids is 1. The molecule has 118 valence electrons. The van der Waals surface area contributed by atoms with E-state index in [1.54, 1.807) is 0 Å². The van der Waals surface area contributed by atoms with Crippen LogP contribution in [0.15, 0.2) is 16.5 Å². The lowest BCUT2D eigenvalue weighted by Crippen LogP contribution is -2.41. The van der Waals surface area contributed by atoms with E-state index in [1.165, 1.54) is 12.1 Å². The van der Waals surface area contributed by atoms with Gasteiger partial charge in [0.1, 0.15) is 17.6 Å². The monoisotopic (exact) mass is 317 g/mol. The lowest BCUT2D eigenvalue weighted by molar-refractivity contribution is -0.139. The lowest BCUT2D eigenvalue weighted by Gasteiger charge is -2.15. The summed E-state index contributed by atoms with van der Waals surface area (Å²) in [7, 11) is -3.26. The third-order valence-electron chi connectivity index (χ3n) is 2.60. The van der Waals surface area contributed by atoms with E-state index in [1.807, 2.05) is 13.8 Å². The second-order valence-corrected chi connectivity index (χ2v) is 7.47. The fourth-order valence-electron chi connectivity index (χ4n) is 1.76. The van der Waals surface area contributed by atoms with Crippen molar-refractivity contribution in [2.24, 2.45) is 5.92 Å². The van der Waals surface area contributed by atoms with Crippen LogP contribution in [-0.4, -0.2) is 37.7 Å². The highest BCUT2D eigenvalue weighted by Gasteiger charge is 2.23. The number of sulfone groups is 1. The van der Waals surface area contributed by atoms with Crippen molar-refractivity contribution >= 4 is 21.7 Å². The molecule has 0 unspecified atom stereocenters. The summed E-state index contributed by atoms with van der Waals surface area (Å²) in [4.78, 5) is 23.0. The predicted molar refractivity (Wildman–Crippen MR) is 75.6 cm³/mol. The zero-order valence-electron chi connectivity index (χ0n) is 12.1. The van der Waals surface area contributed by atoms with Gasteiger partial charge in [-0.2, -0.15) is 0 Å². The number of carboxylic acids is 1. The Morgan fingerprint density at radius 3 is 2.43 bits per heavy atom. The van der Waals surface area contributed by atoms with Crippen LogP contribution in [0.25, 0.3) is 0 Å². The number of amides is 1. The second-order valence-electron chi connectivity index (χ2n) is 5.33. The lowest BCUT2D eigenvalue weighted by atomic mass is 10.0. The Labute approximate surface area is 123 Å². The summed E-state index contributed by atoms with van der Waals surface area (Å²) in [5.74, 6) is -1.98. The van der Waals surface area contributed by atoms with Gasteiger partial charge in [0.2, 0.25) is 0 Å². The molecule has 0 aliphatic rings. The van der Waals surface area contributed by atoms with Gasteiger partial charge in [0.25, 0.3) is 5.91 Å². The maximum Gasteiger partial charge on any atom is 0.326 e. The van der Waals surface area contributed by atoms with Crippen molar-refractivity contribution in [2.45, 2.75) is 32.1 Å². The Bertz CT molecular complexity index is 616. The molecule has 0 saturated carbocycles. The van der Waals surface area contributed by atoms with Crippen LogP contribution in [-0.2, 0) is 20.4 Å². The van der Waals surface area contributed by atoms with Crippen LogP contribution in [0, 0.1) is 5.92 Å². The number of hydrogen-bond acceptors (Lipinski definition) is 5. The Morgan fingerprint density at radius 1 is 1.33 bits per heavy atom. The molecule has 1 aromatic heterocycles. The fourth-order valence-corrected chi connectivity index (χ4v) is 2.43. The van der Waals surface area contributed by atoms with E-state index < -0.39 is 27.8 Å². The Balaban J connectivity index is 2.77. The highest BCUT2D eigenvalue weighted by molar-refractivity contribution is 7.89. The molecule has 0 spiro atoms. The number of aliphatic carboxylic acids is 1. The first-order valence-electron chi connectivity index (χ1n) is 6.38. The minimum absolute atomic E-state index is 0.101. The summed E-state index contributed by atoms with van der Waals surface area (Å²) in [5, 5.41) is 11.4. The first-order chi connectivity index (χ1) is 9.58. The molecule has 0 aliphatic heterocycles. The quantitative estimate of drug-likeness (QED) is 0.777. The van der Waals surface area contributed by atoms with Crippen LogP contribution >= 0.6 is 0 Å². The van der Waals surface area contributed by atoms with Crippen molar-refractivity contribution in [1.82, 2.24) is 5.32 Å². The number of carbonyl (C=O) groups is 2. The number of carboxylic acid groups (broad SMARTS) is 1. The standard InChI is InChI=1S/C13H19NO6S/c1-8(2)6-10(13(16)17)14-12(15)11-5-4-9(20-11)7-21(3,18)19/h4-5,8,10H,6-7H2,1-3H3,(H,14,15)(H,16,17)/t10-/m1/s1. The summed E-state index contributed by atoms with van der Waals surface area (Å²) in [5.41, 5.74) is 0. The highest BCUT2D eigenvalue weighted by atomic mass is 32.2. The van der Waals surface area contributed by atoms with Crippen LogP contribution in [0.1, 0.15) is 36.6 Å². The molecule has 1 amide bonds. The van der Waals surface area contributed by atoms with E-state index in [9.17, 15) is 18.0 Å². The van der Waals surface area contributed by atoms with Gasteiger partial charge in [0.15, 0.2) is 15.6 Å². The van der Waals surface area contributed by atoms with Gasteiger partial charge < -0.3 is 14.8 Å². The van der Waals surface area contributed by atoms with Gasteiger partial charge in [-0.15, -0.1) is 0 Å². The zero-order chi connectivity index (χ0) is 16.2. The van der Waals surface area contributed by atoms with Crippen molar-refractivity contribution < 1.29 is 27.5 Å². The number of nitrogens with one attached hydrogen (secondary N) is 1. The Morgan fingerprint density at radius 2 is 1.95 bits per heavy atom. The van der Waals surface area contributed by atoms with Crippen LogP contribution < -0.4 is 5.32 Å². The second kappa shape index (κ2) is 6.75. The average molecular weight is 317 g/mol. The topological polar surface area (TPSA) is 114 Å². The molecular formula is C13H19NO6S. The molecular weight excluding hydrogens is 298 g/mol. The third-order valence-corrected chi connectivity index (χ3v) is 3.41. The summed E-state index contributed by atoms with van der Waals surface area (Å²) in [6.07, 6.45) is 1.34. The van der Waals surface area contributed by atoms with Gasteiger partial charge in [0, 0.05) is 6.26 Å². The van der Waals surface area contributed by atoms with Crippen molar-refractivity contribution in [3.63, 3.8) is 0 Å². The molecule has 0 aromatic carbocycles. The van der Waals surface area contributed by atoms with E-state index in [0.29, 0.717) is 0 Å². The minimum atomic E-state index is -3.26. The van der Waals surface area contributed by atoms with Crippen molar-refractivity contribution in [3.05, 3.63) is 23.7 Å². The molecule has 0 aliphatic carbocycles. The average Bonchev–Trinajstić information content (AvgIpc) is 2.73. The Kier molecular flexibility index (Phi) is 5.54. The summed E-state index contributed by atoms with van der Waals surface area (Å²) >= 11 is 0. The molecule has 0 radical (unpaired) electrons. The molecule has 7 nitrogen and oxygen atoms in total. The van der Waals surface area contributed by atoms with Crippen LogP contribution in [0.4, 0.5) is 0 Å². The summed E-state index contributed by atoms with van der Waals surface area (Å²) in [6.45, 7) is 3.69. The molecule has 1 rings (SSSR count). The van der Waals surface area contributed by atoms with E-state index >= 15 is 0 Å². The first-order valence-corrected chi connectivity index (χ1v) is 8.44. The van der Waals surface area contributed by atoms with Gasteiger partial charge in [-0.1, -0.05) is 13.8 Å². The molecule has 0 bridgehead atoms.